The SMILES string of the molecule is COc1cnc(-n2cnc(C)n2)c2[nH]cc(C(=O)C(=O)N3CCc4c(-c5ccccn5)nc(-c5nc(-n6cnc(C)n6)c6[nH]cc(C(=O)C(=O)N7C(C)Cc8c(-c9ccccc9)ncnc8N7C)c6c5OC)nc4N3C)c12. The highest BCUT2D eigenvalue weighted by atomic mass is 16.5. The molecule has 0 radical (unpaired) electrons. The van der Waals surface area contributed by atoms with Gasteiger partial charge in [-0.2, -0.15) is 10.2 Å². The molecule has 77 heavy (non-hydrogen) atoms. The summed E-state index contributed by atoms with van der Waals surface area (Å²) in [5.41, 5.74) is 4.72. The highest BCUT2D eigenvalue weighted by Gasteiger charge is 2.40. The van der Waals surface area contributed by atoms with Gasteiger partial charge >= 0.3 is 11.8 Å². The topological polar surface area (TPSA) is 283 Å². The molecule has 2 aliphatic rings. The Morgan fingerprint density at radius 2 is 1.34 bits per heavy atom. The van der Waals surface area contributed by atoms with Gasteiger partial charge in [-0.1, -0.05) is 36.4 Å². The number of nitrogens with one attached hydrogen (secondary N) is 2. The van der Waals surface area contributed by atoms with E-state index in [-0.39, 0.29) is 64.1 Å². The van der Waals surface area contributed by atoms with E-state index in [2.05, 4.69) is 50.1 Å². The molecule has 25 nitrogen and oxygen atoms in total. The monoisotopic (exact) mass is 1030 g/mol. The van der Waals surface area contributed by atoms with Crippen molar-refractivity contribution < 1.29 is 28.7 Å². The predicted octanol–water partition coefficient (Wildman–Crippen LogP) is 4.84. The Morgan fingerprint density at radius 3 is 2.01 bits per heavy atom. The molecule has 0 aliphatic carbocycles. The molecule has 2 N–H and O–H groups in total. The number of hydrogen-bond acceptors (Lipinski definition) is 19. The summed E-state index contributed by atoms with van der Waals surface area (Å²) in [7, 11) is 6.16. The normalized spacial score (nSPS) is 14.2. The number of ketones is 2. The number of fused-ring (bicyclic) bond motifs is 4. The number of hydrogen-bond donors (Lipinski definition) is 2. The lowest BCUT2D eigenvalue weighted by Gasteiger charge is -2.42. The first-order valence-corrected chi connectivity index (χ1v) is 24.2. The summed E-state index contributed by atoms with van der Waals surface area (Å²) in [5.74, 6) is -0.921. The molecule has 1 unspecified atom stereocenters. The molecule has 25 heteroatoms. The second-order valence-electron chi connectivity index (χ2n) is 18.2. The highest BCUT2D eigenvalue weighted by molar-refractivity contribution is 6.46. The summed E-state index contributed by atoms with van der Waals surface area (Å²) in [4.78, 5) is 107. The summed E-state index contributed by atoms with van der Waals surface area (Å²) in [5, 5.41) is 15.2. The van der Waals surface area contributed by atoms with E-state index in [0.29, 0.717) is 63.1 Å². The molecule has 0 saturated carbocycles. The van der Waals surface area contributed by atoms with Gasteiger partial charge in [-0.25, -0.2) is 59.3 Å². The number of benzene rings is 1. The number of Topliss-reactive ketones (excluding diaryl/α,β-unsaturated/α-hetero) is 2. The summed E-state index contributed by atoms with van der Waals surface area (Å²) in [6, 6.07) is 14.6. The van der Waals surface area contributed by atoms with Crippen LogP contribution in [-0.2, 0) is 22.4 Å². The number of H-pyrrole nitrogens is 2. The van der Waals surface area contributed by atoms with E-state index in [9.17, 15) is 19.2 Å². The Morgan fingerprint density at radius 1 is 0.649 bits per heavy atom. The number of methoxy groups -OCH3 is 2. The number of aromatic amines is 2. The Balaban J connectivity index is 0.961. The number of pyridine rings is 3. The van der Waals surface area contributed by atoms with E-state index in [1.54, 1.807) is 51.3 Å². The molecule has 1 aromatic carbocycles. The van der Waals surface area contributed by atoms with Gasteiger partial charge in [0.1, 0.15) is 36.4 Å². The Hall–Kier alpha value is -10.3. The summed E-state index contributed by atoms with van der Waals surface area (Å²) in [6.45, 7) is 5.37. The van der Waals surface area contributed by atoms with Crippen molar-refractivity contribution in [3.8, 4) is 57.3 Å². The van der Waals surface area contributed by atoms with Crippen molar-refractivity contribution in [1.82, 2.24) is 84.4 Å². The van der Waals surface area contributed by atoms with Gasteiger partial charge in [0.25, 0.3) is 11.6 Å². The number of anilines is 2. The Bertz CT molecular complexity index is 4040. The van der Waals surface area contributed by atoms with Gasteiger partial charge < -0.3 is 19.4 Å². The molecule has 0 fully saturated rings. The van der Waals surface area contributed by atoms with Crippen LogP contribution in [0.15, 0.2) is 92.3 Å². The zero-order chi connectivity index (χ0) is 53.4. The third-order valence-corrected chi connectivity index (χ3v) is 13.7. The second-order valence-corrected chi connectivity index (χ2v) is 18.2. The van der Waals surface area contributed by atoms with Crippen molar-refractivity contribution in [2.24, 2.45) is 0 Å². The Kier molecular flexibility index (Phi) is 11.5. The minimum absolute atomic E-state index is 0.0146. The fraction of sp³-hybridized carbons (Fsp3) is 0.212. The van der Waals surface area contributed by atoms with Gasteiger partial charge in [-0.05, 0) is 39.3 Å². The highest BCUT2D eigenvalue weighted by Crippen LogP contribution is 2.43. The van der Waals surface area contributed by atoms with Crippen LogP contribution in [0.5, 0.6) is 11.5 Å². The van der Waals surface area contributed by atoms with Crippen LogP contribution in [0.25, 0.3) is 67.6 Å². The van der Waals surface area contributed by atoms with Crippen molar-refractivity contribution in [2.45, 2.75) is 39.7 Å². The van der Waals surface area contributed by atoms with Crippen molar-refractivity contribution in [2.75, 3.05) is 44.9 Å². The first kappa shape index (κ1) is 47.7. The minimum atomic E-state index is -0.863. The average molecular weight is 1030 g/mol. The first-order valence-electron chi connectivity index (χ1n) is 24.2. The van der Waals surface area contributed by atoms with E-state index >= 15 is 0 Å². The summed E-state index contributed by atoms with van der Waals surface area (Å²) >= 11 is 0. The van der Waals surface area contributed by atoms with Crippen LogP contribution >= 0.6 is 0 Å². The van der Waals surface area contributed by atoms with Crippen LogP contribution < -0.4 is 19.5 Å². The van der Waals surface area contributed by atoms with Crippen LogP contribution in [0.4, 0.5) is 11.6 Å². The molecule has 384 valence electrons. The van der Waals surface area contributed by atoms with Gasteiger partial charge in [-0.3, -0.25) is 34.2 Å². The maximum atomic E-state index is 15.0. The van der Waals surface area contributed by atoms with E-state index in [4.69, 9.17) is 24.4 Å². The third kappa shape index (κ3) is 7.72. The number of nitrogens with zero attached hydrogens (tertiary/aromatic N) is 17. The van der Waals surface area contributed by atoms with Gasteiger partial charge in [0, 0.05) is 62.3 Å². The van der Waals surface area contributed by atoms with Gasteiger partial charge in [-0.15, -0.1) is 0 Å². The molecule has 1 atom stereocenters. The lowest BCUT2D eigenvalue weighted by molar-refractivity contribution is -0.129. The standard InChI is InChI=1S/C52H45N19O6/c1-26-19-31-38(29-13-9-8-10-14-29)57-23-58-47(31)67(5)71(26)52(75)44(73)33-21-55-41-37(33)45(77-7)42(62-50(41)69-25-60-28(3)65-69)46-61-39(34-15-11-12-17-53-34)30-16-18-70(66(4)48(30)63-46)51(74)43(72)32-20-54-40-36(32)35(76-6)22-56-49(40)68-24-59-27(2)64-68/h8-15,17,20-26,54-55H,16,18-19H2,1-7H3. The van der Waals surface area contributed by atoms with Crippen LogP contribution in [0.2, 0.25) is 0 Å². The molecular weight excluding hydrogens is 987 g/mol. The quantitative estimate of drug-likeness (QED) is 0.129. The molecular formula is C52H45N19O6. The molecule has 12 rings (SSSR count). The number of carbonyl (C=O) groups excluding carboxylic acids is 4. The van der Waals surface area contributed by atoms with Crippen LogP contribution in [0, 0.1) is 13.8 Å². The average Bonchev–Trinajstić information content (AvgIpc) is 4.44. The van der Waals surface area contributed by atoms with E-state index < -0.39 is 29.4 Å². The number of ether oxygens (including phenoxy) is 2. The van der Waals surface area contributed by atoms with E-state index in [0.717, 1.165) is 16.8 Å². The molecule has 0 spiro atoms. The number of aryl methyl sites for hydroxylation is 2. The van der Waals surface area contributed by atoms with Gasteiger partial charge in [0.15, 0.2) is 40.5 Å². The number of rotatable bonds is 11. The summed E-state index contributed by atoms with van der Waals surface area (Å²) in [6.07, 6.45) is 10.9. The summed E-state index contributed by atoms with van der Waals surface area (Å²) < 4.78 is 14.7. The zero-order valence-electron chi connectivity index (χ0n) is 42.4. The van der Waals surface area contributed by atoms with Crippen molar-refractivity contribution in [3.05, 3.63) is 126 Å². The van der Waals surface area contributed by atoms with Crippen molar-refractivity contribution >= 4 is 56.8 Å². The van der Waals surface area contributed by atoms with Gasteiger partial charge in [0.05, 0.1) is 76.5 Å². The molecule has 0 bridgehead atoms. The number of hydrazine groups is 2. The largest absolute Gasteiger partial charge is 0.494 e. The fourth-order valence-corrected chi connectivity index (χ4v) is 10.2. The van der Waals surface area contributed by atoms with Crippen molar-refractivity contribution in [1.29, 1.82) is 0 Å². The Labute approximate surface area is 436 Å². The van der Waals surface area contributed by atoms with E-state index in [1.165, 1.54) is 76.2 Å². The number of amides is 2. The lowest BCUT2D eigenvalue weighted by atomic mass is 9.98. The number of aromatic nitrogens is 15. The fourth-order valence-electron chi connectivity index (χ4n) is 10.2. The van der Waals surface area contributed by atoms with Crippen LogP contribution in [-0.4, -0.2) is 149 Å². The molecule has 9 aromatic heterocycles. The second kappa shape index (κ2) is 18.6. The van der Waals surface area contributed by atoms with E-state index in [1.807, 2.05) is 43.3 Å². The van der Waals surface area contributed by atoms with Gasteiger partial charge in [0.2, 0.25) is 0 Å². The molecule has 0 saturated heterocycles. The lowest BCUT2D eigenvalue weighted by Crippen LogP contribution is -2.56. The van der Waals surface area contributed by atoms with Crippen LogP contribution in [0.1, 0.15) is 50.4 Å². The van der Waals surface area contributed by atoms with Crippen LogP contribution in [0.3, 0.4) is 0 Å². The molecule has 11 heterocycles. The smallest absolute Gasteiger partial charge is 0.313 e. The molecule has 10 aromatic rings. The third-order valence-electron chi connectivity index (χ3n) is 13.7. The van der Waals surface area contributed by atoms with Crippen molar-refractivity contribution in [3.63, 3.8) is 0 Å². The maximum absolute atomic E-state index is 15.0. The molecule has 2 aliphatic heterocycles. The first-order chi connectivity index (χ1) is 37.3. The number of carbonyl (C=O) groups is 4. The molecule has 2 amide bonds. The predicted molar refractivity (Wildman–Crippen MR) is 277 cm³/mol. The maximum Gasteiger partial charge on any atom is 0.313 e. The minimum Gasteiger partial charge on any atom is -0.494 e. The zero-order valence-corrected chi connectivity index (χ0v) is 42.4.